The molecule has 5 nitrogen and oxygen atoms in total. The molecule has 29 heavy (non-hydrogen) atoms. The average Bonchev–Trinajstić information content (AvgIpc) is 3.16. The van der Waals surface area contributed by atoms with E-state index in [1.807, 2.05) is 42.5 Å². The van der Waals surface area contributed by atoms with Gasteiger partial charge in [-0.25, -0.2) is 0 Å². The van der Waals surface area contributed by atoms with E-state index in [0.29, 0.717) is 17.3 Å². The lowest BCUT2D eigenvalue weighted by atomic mass is 10.1. The van der Waals surface area contributed by atoms with Gasteiger partial charge in [-0.15, -0.1) is 10.2 Å². The number of aliphatic hydroxyl groups is 1. The number of hydrogen-bond donors (Lipinski definition) is 1. The highest BCUT2D eigenvalue weighted by molar-refractivity contribution is 7.99. The van der Waals surface area contributed by atoms with Crippen LogP contribution in [-0.4, -0.2) is 30.6 Å². The van der Waals surface area contributed by atoms with Crippen LogP contribution in [-0.2, 0) is 6.54 Å². The lowest BCUT2D eigenvalue weighted by molar-refractivity contribution is 0.204. The van der Waals surface area contributed by atoms with Gasteiger partial charge in [-0.3, -0.25) is 9.55 Å². The fourth-order valence-corrected chi connectivity index (χ4v) is 3.98. The molecule has 2 heterocycles. The van der Waals surface area contributed by atoms with E-state index in [1.54, 1.807) is 24.5 Å². The summed E-state index contributed by atoms with van der Waals surface area (Å²) in [7, 11) is 0. The van der Waals surface area contributed by atoms with Crippen LogP contribution < -0.4 is 0 Å². The molecular weight excluding hydrogens is 404 g/mol. The molecule has 2 aromatic carbocycles. The highest BCUT2D eigenvalue weighted by Crippen LogP contribution is 2.28. The maximum Gasteiger partial charge on any atom is 0.191 e. The monoisotopic (exact) mass is 422 g/mol. The van der Waals surface area contributed by atoms with Crippen LogP contribution >= 0.6 is 23.4 Å². The predicted octanol–water partition coefficient (Wildman–Crippen LogP) is 4.87. The molecule has 0 bridgehead atoms. The van der Waals surface area contributed by atoms with E-state index < -0.39 is 6.10 Å². The zero-order valence-corrected chi connectivity index (χ0v) is 17.1. The first-order valence-electron chi connectivity index (χ1n) is 9.14. The predicted molar refractivity (Wildman–Crippen MR) is 116 cm³/mol. The highest BCUT2D eigenvalue weighted by atomic mass is 35.5. The second-order valence-electron chi connectivity index (χ2n) is 6.50. The minimum atomic E-state index is -0.624. The lowest BCUT2D eigenvalue weighted by Gasteiger charge is -2.13. The Hall–Kier alpha value is -2.67. The Labute approximate surface area is 178 Å². The molecule has 4 rings (SSSR count). The van der Waals surface area contributed by atoms with Gasteiger partial charge in [0.25, 0.3) is 0 Å². The van der Waals surface area contributed by atoms with E-state index in [-0.39, 0.29) is 0 Å². The van der Waals surface area contributed by atoms with Gasteiger partial charge < -0.3 is 5.11 Å². The molecule has 0 spiro atoms. The van der Waals surface area contributed by atoms with Crippen LogP contribution in [0.5, 0.6) is 0 Å². The molecule has 1 N–H and O–H groups in total. The Bertz CT molecular complexity index is 1060. The van der Waals surface area contributed by atoms with Crippen molar-refractivity contribution in [2.45, 2.75) is 17.8 Å². The van der Waals surface area contributed by atoms with Crippen LogP contribution in [0.1, 0.15) is 17.2 Å². The number of pyridine rings is 1. The summed E-state index contributed by atoms with van der Waals surface area (Å²) in [5.41, 5.74) is 2.88. The molecule has 4 aromatic rings. The Morgan fingerprint density at radius 1 is 0.966 bits per heavy atom. The molecule has 0 radical (unpaired) electrons. The van der Waals surface area contributed by atoms with Gasteiger partial charge >= 0.3 is 0 Å². The summed E-state index contributed by atoms with van der Waals surface area (Å²) in [5, 5.41) is 20.7. The van der Waals surface area contributed by atoms with E-state index in [9.17, 15) is 5.11 Å². The normalized spacial score (nSPS) is 12.1. The van der Waals surface area contributed by atoms with Crippen molar-refractivity contribution in [3.8, 4) is 11.4 Å². The first kappa shape index (κ1) is 19.6. The average molecular weight is 423 g/mol. The molecule has 0 fully saturated rings. The van der Waals surface area contributed by atoms with Crippen LogP contribution in [0, 0.1) is 0 Å². The van der Waals surface area contributed by atoms with Crippen LogP contribution in [0.2, 0.25) is 5.02 Å². The second-order valence-corrected chi connectivity index (χ2v) is 7.92. The van der Waals surface area contributed by atoms with E-state index in [2.05, 4.69) is 31.9 Å². The minimum absolute atomic E-state index is 0.460. The highest BCUT2D eigenvalue weighted by Gasteiger charge is 2.17. The largest absolute Gasteiger partial charge is 0.388 e. The number of benzene rings is 2. The van der Waals surface area contributed by atoms with Crippen LogP contribution in [0.15, 0.2) is 84.3 Å². The third-order valence-corrected chi connectivity index (χ3v) is 5.74. The number of aliphatic hydroxyl groups excluding tert-OH is 1. The van der Waals surface area contributed by atoms with Crippen LogP contribution in [0.3, 0.4) is 0 Å². The van der Waals surface area contributed by atoms with Gasteiger partial charge in [0.2, 0.25) is 0 Å². The van der Waals surface area contributed by atoms with Gasteiger partial charge in [0.1, 0.15) is 0 Å². The van der Waals surface area contributed by atoms with Gasteiger partial charge in [-0.05, 0) is 35.4 Å². The molecular formula is C22H19ClN4OS. The van der Waals surface area contributed by atoms with Gasteiger partial charge in [0.05, 0.1) is 12.6 Å². The molecule has 7 heteroatoms. The fourth-order valence-electron chi connectivity index (χ4n) is 2.95. The van der Waals surface area contributed by atoms with E-state index in [4.69, 9.17) is 11.6 Å². The third-order valence-electron chi connectivity index (χ3n) is 4.45. The summed E-state index contributed by atoms with van der Waals surface area (Å²) in [6, 6.07) is 21.3. The van der Waals surface area contributed by atoms with Gasteiger partial charge in [-0.2, -0.15) is 0 Å². The number of halogens is 1. The molecule has 146 valence electrons. The first-order chi connectivity index (χ1) is 14.2. The zero-order chi connectivity index (χ0) is 20.1. The number of rotatable bonds is 7. The van der Waals surface area contributed by atoms with Gasteiger partial charge in [-0.1, -0.05) is 65.8 Å². The van der Waals surface area contributed by atoms with E-state index in [1.165, 1.54) is 11.8 Å². The van der Waals surface area contributed by atoms with Crippen molar-refractivity contribution in [2.75, 3.05) is 5.75 Å². The summed E-state index contributed by atoms with van der Waals surface area (Å²) < 4.78 is 2.06. The first-order valence-corrected chi connectivity index (χ1v) is 10.5. The summed E-state index contributed by atoms with van der Waals surface area (Å²) in [6.07, 6.45) is 2.89. The standard InChI is InChI=1S/C22H19ClN4OS/c23-19-10-8-17(9-11-19)20(28)15-29-22-26-25-21(18-7-4-12-24-13-18)27(22)14-16-5-2-1-3-6-16/h1-13,20,28H,14-15H2. The van der Waals surface area contributed by atoms with Crippen LogP contribution in [0.4, 0.5) is 0 Å². The lowest BCUT2D eigenvalue weighted by Crippen LogP contribution is -2.06. The maximum absolute atomic E-state index is 10.5. The Balaban J connectivity index is 1.59. The third kappa shape index (κ3) is 4.85. The number of aromatic nitrogens is 4. The van der Waals surface area contributed by atoms with Crippen molar-refractivity contribution in [3.63, 3.8) is 0 Å². The smallest absolute Gasteiger partial charge is 0.191 e. The molecule has 1 unspecified atom stereocenters. The summed E-state index contributed by atoms with van der Waals surface area (Å²) in [6.45, 7) is 0.636. The number of nitrogens with zero attached hydrogens (tertiary/aromatic N) is 4. The molecule has 0 saturated heterocycles. The van der Waals surface area contributed by atoms with Crippen LogP contribution in [0.25, 0.3) is 11.4 Å². The van der Waals surface area contributed by atoms with Crippen molar-refractivity contribution in [1.82, 2.24) is 19.7 Å². The second kappa shape index (κ2) is 9.22. The number of hydrogen-bond acceptors (Lipinski definition) is 5. The van der Waals surface area contributed by atoms with Crippen molar-refractivity contribution in [2.24, 2.45) is 0 Å². The summed E-state index contributed by atoms with van der Waals surface area (Å²) in [4.78, 5) is 4.20. The Morgan fingerprint density at radius 3 is 2.48 bits per heavy atom. The molecule has 0 aliphatic carbocycles. The van der Waals surface area contributed by atoms with E-state index in [0.717, 1.165) is 27.7 Å². The number of thioether (sulfide) groups is 1. The maximum atomic E-state index is 10.5. The SMILES string of the molecule is OC(CSc1nnc(-c2cccnc2)n1Cc1ccccc1)c1ccc(Cl)cc1. The van der Waals surface area contributed by atoms with Crippen molar-refractivity contribution in [1.29, 1.82) is 0 Å². The molecule has 0 saturated carbocycles. The Kier molecular flexibility index (Phi) is 6.24. The van der Waals surface area contributed by atoms with Gasteiger partial charge in [0, 0.05) is 28.7 Å². The van der Waals surface area contributed by atoms with Crippen molar-refractivity contribution < 1.29 is 5.11 Å². The quantitative estimate of drug-likeness (QED) is 0.430. The zero-order valence-electron chi connectivity index (χ0n) is 15.5. The van der Waals surface area contributed by atoms with Crippen molar-refractivity contribution in [3.05, 3.63) is 95.3 Å². The molecule has 0 aliphatic rings. The summed E-state index contributed by atoms with van der Waals surface area (Å²) in [5.74, 6) is 1.21. The summed E-state index contributed by atoms with van der Waals surface area (Å²) >= 11 is 7.41. The van der Waals surface area contributed by atoms with E-state index >= 15 is 0 Å². The fraction of sp³-hybridized carbons (Fsp3) is 0.136. The molecule has 0 aliphatic heterocycles. The minimum Gasteiger partial charge on any atom is -0.388 e. The Morgan fingerprint density at radius 2 is 1.76 bits per heavy atom. The van der Waals surface area contributed by atoms with Gasteiger partial charge in [0.15, 0.2) is 11.0 Å². The van der Waals surface area contributed by atoms with Crippen molar-refractivity contribution >= 4 is 23.4 Å². The molecule has 2 aromatic heterocycles. The topological polar surface area (TPSA) is 63.8 Å². The molecule has 1 atom stereocenters. The molecule has 0 amide bonds.